The highest BCUT2D eigenvalue weighted by molar-refractivity contribution is 8.00. The molecule has 10 nitrogen and oxygen atoms in total. The van der Waals surface area contributed by atoms with Gasteiger partial charge >= 0.3 is 11.9 Å². The minimum absolute atomic E-state index is 0.0550. The molecule has 3 aromatic rings. The van der Waals surface area contributed by atoms with Gasteiger partial charge in [-0.15, -0.1) is 0 Å². The van der Waals surface area contributed by atoms with E-state index in [2.05, 4.69) is 5.32 Å². The van der Waals surface area contributed by atoms with E-state index in [4.69, 9.17) is 18.9 Å². The first kappa shape index (κ1) is 32.8. The Labute approximate surface area is 267 Å². The second-order valence-corrected chi connectivity index (χ2v) is 11.4. The van der Waals surface area contributed by atoms with E-state index in [1.807, 2.05) is 19.1 Å². The third kappa shape index (κ3) is 6.81. The summed E-state index contributed by atoms with van der Waals surface area (Å²) in [5.74, 6) is -6.75. The third-order valence-corrected chi connectivity index (χ3v) is 8.06. The number of benzene rings is 3. The van der Waals surface area contributed by atoms with E-state index in [0.717, 1.165) is 10.5 Å². The van der Waals surface area contributed by atoms with Crippen LogP contribution in [0.25, 0.3) is 0 Å². The topological polar surface area (TPSA) is 120 Å². The van der Waals surface area contributed by atoms with Gasteiger partial charge in [0, 0.05) is 18.2 Å². The zero-order valence-corrected chi connectivity index (χ0v) is 25.6. The highest BCUT2D eigenvalue weighted by Crippen LogP contribution is 2.42. The van der Waals surface area contributed by atoms with Crippen LogP contribution < -0.4 is 5.32 Å². The Bertz CT molecular complexity index is 1580. The van der Waals surface area contributed by atoms with E-state index in [9.17, 15) is 28.0 Å². The number of carbonyl (C=O) groups excluding carboxylic acids is 4. The summed E-state index contributed by atoms with van der Waals surface area (Å²) in [6.45, 7) is 0.989. The molecule has 1 N–H and O–H groups in total. The maximum atomic E-state index is 14.0. The SMILES string of the molecule is CO[C@@]1(NC(=O)c2ccc(C)cc2)C(=O)N2C(C(=O)OC(c3ccccc3)c3ccccc3)=C(COC(=O)CSC(F)F)CO[C@@H]21. The van der Waals surface area contributed by atoms with Crippen LogP contribution >= 0.6 is 11.8 Å². The predicted octanol–water partition coefficient (Wildman–Crippen LogP) is 4.35. The Kier molecular flexibility index (Phi) is 10.1. The van der Waals surface area contributed by atoms with Gasteiger partial charge in [0.05, 0.1) is 12.4 Å². The number of hydrogen-bond acceptors (Lipinski definition) is 9. The van der Waals surface area contributed by atoms with Crippen LogP contribution in [0.3, 0.4) is 0 Å². The van der Waals surface area contributed by atoms with Gasteiger partial charge in [-0.3, -0.25) is 19.3 Å². The lowest BCUT2D eigenvalue weighted by Crippen LogP contribution is -2.82. The summed E-state index contributed by atoms with van der Waals surface area (Å²) < 4.78 is 47.8. The van der Waals surface area contributed by atoms with Gasteiger partial charge in [0.15, 0.2) is 12.3 Å². The first-order chi connectivity index (χ1) is 22.1. The number of ether oxygens (including phenoxy) is 4. The van der Waals surface area contributed by atoms with Gasteiger partial charge < -0.3 is 24.3 Å². The number of carbonyl (C=O) groups is 4. The molecule has 0 unspecified atom stereocenters. The fraction of sp³-hybridized carbons (Fsp3) is 0.273. The monoisotopic (exact) mass is 652 g/mol. The maximum Gasteiger partial charge on any atom is 0.356 e. The fourth-order valence-electron chi connectivity index (χ4n) is 5.08. The number of aryl methyl sites for hydroxylation is 1. The van der Waals surface area contributed by atoms with Crippen LogP contribution in [0.4, 0.5) is 8.78 Å². The Hall–Kier alpha value is -4.59. The Morgan fingerprint density at radius 1 is 1.00 bits per heavy atom. The number of thioether (sulfide) groups is 1. The van der Waals surface area contributed by atoms with Crippen molar-refractivity contribution < 1.29 is 46.9 Å². The predicted molar refractivity (Wildman–Crippen MR) is 162 cm³/mol. The van der Waals surface area contributed by atoms with Gasteiger partial charge in [-0.05, 0) is 30.2 Å². The van der Waals surface area contributed by atoms with Crippen LogP contribution in [0.1, 0.15) is 33.2 Å². The van der Waals surface area contributed by atoms with Gasteiger partial charge in [0.2, 0.25) is 0 Å². The molecule has 2 atom stereocenters. The molecule has 2 amide bonds. The molecule has 5 rings (SSSR count). The van der Waals surface area contributed by atoms with Crippen molar-refractivity contribution in [3.05, 3.63) is 118 Å². The van der Waals surface area contributed by atoms with Crippen molar-refractivity contribution in [3.63, 3.8) is 0 Å². The van der Waals surface area contributed by atoms with Crippen LogP contribution in [0.15, 0.2) is 96.2 Å². The van der Waals surface area contributed by atoms with Crippen molar-refractivity contribution in [1.29, 1.82) is 0 Å². The van der Waals surface area contributed by atoms with E-state index in [-0.39, 0.29) is 35.2 Å². The number of alkyl halides is 2. The molecule has 2 aliphatic heterocycles. The normalized spacial score (nSPS) is 19.0. The minimum Gasteiger partial charge on any atom is -0.460 e. The molecule has 240 valence electrons. The minimum atomic E-state index is -2.78. The lowest BCUT2D eigenvalue weighted by atomic mass is 9.93. The van der Waals surface area contributed by atoms with Crippen molar-refractivity contribution in [2.45, 2.75) is 30.7 Å². The zero-order valence-electron chi connectivity index (χ0n) is 24.8. The second-order valence-electron chi connectivity index (χ2n) is 10.4. The quantitative estimate of drug-likeness (QED) is 0.173. The molecule has 2 aliphatic rings. The number of nitrogens with zero attached hydrogens (tertiary/aromatic N) is 1. The number of rotatable bonds is 12. The highest BCUT2D eigenvalue weighted by Gasteiger charge is 2.68. The number of fused-ring (bicyclic) bond motifs is 1. The Balaban J connectivity index is 1.46. The molecule has 1 saturated heterocycles. The molecule has 46 heavy (non-hydrogen) atoms. The summed E-state index contributed by atoms with van der Waals surface area (Å²) in [6.07, 6.45) is -2.18. The standard InChI is InChI=1S/C33H30F2N2O8S/c1-20-13-15-23(16-14-20)28(39)36-33(42-2)30(41)37-26(24(18-44-31(33)37)17-43-25(38)19-46-32(34)35)29(40)45-27(21-9-5-3-6-10-21)22-11-7-4-8-12-22/h3-16,27,31-32H,17-19H2,1-2H3,(H,36,39)/t31-,33+/m1/s1. The molecular formula is C33H30F2N2O8S. The van der Waals surface area contributed by atoms with E-state index in [1.54, 1.807) is 72.8 Å². The van der Waals surface area contributed by atoms with Crippen molar-refractivity contribution >= 4 is 35.5 Å². The molecule has 0 spiro atoms. The highest BCUT2D eigenvalue weighted by atomic mass is 32.2. The number of nitrogens with one attached hydrogen (secondary N) is 1. The van der Waals surface area contributed by atoms with Gasteiger partial charge in [-0.1, -0.05) is 90.1 Å². The third-order valence-electron chi connectivity index (χ3n) is 7.40. The molecule has 1 fully saturated rings. The molecular weight excluding hydrogens is 622 g/mol. The van der Waals surface area contributed by atoms with Gasteiger partial charge in [0.25, 0.3) is 23.3 Å². The molecule has 13 heteroatoms. The number of amides is 2. The molecule has 0 aliphatic carbocycles. The van der Waals surface area contributed by atoms with Crippen molar-refractivity contribution in [1.82, 2.24) is 10.2 Å². The molecule has 3 aromatic carbocycles. The summed E-state index contributed by atoms with van der Waals surface area (Å²) in [7, 11) is 1.22. The number of esters is 2. The van der Waals surface area contributed by atoms with Crippen molar-refractivity contribution in [2.75, 3.05) is 26.1 Å². The maximum absolute atomic E-state index is 14.0. The van der Waals surface area contributed by atoms with E-state index >= 15 is 0 Å². The molecule has 2 heterocycles. The first-order valence-corrected chi connectivity index (χ1v) is 15.2. The van der Waals surface area contributed by atoms with E-state index < -0.39 is 59.9 Å². The second kappa shape index (κ2) is 14.2. The number of β-lactam (4-membered cyclic amide) rings is 1. The summed E-state index contributed by atoms with van der Waals surface area (Å²) in [6, 6.07) is 24.5. The zero-order chi connectivity index (χ0) is 32.8. The Morgan fingerprint density at radius 2 is 1.61 bits per heavy atom. The molecule has 0 bridgehead atoms. The van der Waals surface area contributed by atoms with Crippen LogP contribution in [0.5, 0.6) is 0 Å². The van der Waals surface area contributed by atoms with Gasteiger partial charge in [-0.2, -0.15) is 8.78 Å². The van der Waals surface area contributed by atoms with Gasteiger partial charge in [-0.25, -0.2) is 4.79 Å². The molecule has 0 aromatic heterocycles. The molecule has 0 saturated carbocycles. The van der Waals surface area contributed by atoms with E-state index in [0.29, 0.717) is 11.1 Å². The average molecular weight is 653 g/mol. The van der Waals surface area contributed by atoms with Crippen LogP contribution in [0.2, 0.25) is 0 Å². The number of halogens is 2. The summed E-state index contributed by atoms with van der Waals surface area (Å²) >= 11 is 0.0884. The van der Waals surface area contributed by atoms with Crippen LogP contribution in [0, 0.1) is 6.92 Å². The van der Waals surface area contributed by atoms with E-state index in [1.165, 1.54) is 7.11 Å². The lowest BCUT2D eigenvalue weighted by molar-refractivity contribution is -0.256. The largest absolute Gasteiger partial charge is 0.460 e. The van der Waals surface area contributed by atoms with Crippen molar-refractivity contribution in [3.8, 4) is 0 Å². The summed E-state index contributed by atoms with van der Waals surface area (Å²) in [5.41, 5.74) is 0.288. The van der Waals surface area contributed by atoms with Crippen molar-refractivity contribution in [2.24, 2.45) is 0 Å². The first-order valence-electron chi connectivity index (χ1n) is 14.1. The molecule has 0 radical (unpaired) electrons. The Morgan fingerprint density at radius 3 is 2.17 bits per heavy atom. The number of hydrogen-bond donors (Lipinski definition) is 1. The van der Waals surface area contributed by atoms with Gasteiger partial charge in [0.1, 0.15) is 12.3 Å². The van der Waals surface area contributed by atoms with Crippen LogP contribution in [-0.4, -0.2) is 72.4 Å². The fourth-order valence-corrected chi connectivity index (χ4v) is 5.42. The summed E-state index contributed by atoms with van der Waals surface area (Å²) in [5, 5.41) is 2.60. The smallest absolute Gasteiger partial charge is 0.356 e. The lowest BCUT2D eigenvalue weighted by Gasteiger charge is -2.55. The van der Waals surface area contributed by atoms with Crippen LogP contribution in [-0.2, 0) is 33.3 Å². The number of methoxy groups -OCH3 is 1. The summed E-state index contributed by atoms with van der Waals surface area (Å²) in [4.78, 5) is 54.2. The average Bonchev–Trinajstić information content (AvgIpc) is 3.07.